The molecule has 0 unspecified atom stereocenters. The van der Waals surface area contributed by atoms with Crippen molar-refractivity contribution >= 4 is 5.69 Å². The maximum absolute atomic E-state index is 2.49. The van der Waals surface area contributed by atoms with E-state index in [2.05, 4.69) is 24.1 Å². The number of hydrogen-bond donors (Lipinski definition) is 0. The van der Waals surface area contributed by atoms with Crippen LogP contribution in [0.4, 0.5) is 5.69 Å². The number of rotatable bonds is 0. The first-order chi connectivity index (χ1) is 7.34. The van der Waals surface area contributed by atoms with Crippen LogP contribution < -0.4 is 4.90 Å². The summed E-state index contributed by atoms with van der Waals surface area (Å²) in [5, 5.41) is 0. The van der Waals surface area contributed by atoms with Crippen molar-refractivity contribution < 1.29 is 0 Å². The minimum atomic E-state index is 1.23. The summed E-state index contributed by atoms with van der Waals surface area (Å²) < 4.78 is 0. The van der Waals surface area contributed by atoms with Gasteiger partial charge in [-0.1, -0.05) is 6.07 Å². The van der Waals surface area contributed by atoms with Crippen molar-refractivity contribution in [3.05, 3.63) is 28.8 Å². The average Bonchev–Trinajstić information content (AvgIpc) is 2.27. The van der Waals surface area contributed by atoms with Gasteiger partial charge in [0.25, 0.3) is 0 Å². The van der Waals surface area contributed by atoms with E-state index in [0.717, 1.165) is 0 Å². The fraction of sp³-hybridized carbons (Fsp3) is 0.571. The van der Waals surface area contributed by atoms with Gasteiger partial charge in [0.1, 0.15) is 0 Å². The third-order valence-electron chi connectivity index (χ3n) is 3.89. The fourth-order valence-electron chi connectivity index (χ4n) is 3.01. The summed E-state index contributed by atoms with van der Waals surface area (Å²) in [6, 6.07) is 4.95. The van der Waals surface area contributed by atoms with E-state index < -0.39 is 0 Å². The highest BCUT2D eigenvalue weighted by Crippen LogP contribution is 2.32. The second-order valence-electron chi connectivity index (χ2n) is 4.98. The zero-order valence-corrected chi connectivity index (χ0v) is 9.55. The lowest BCUT2D eigenvalue weighted by Gasteiger charge is -2.30. The Morgan fingerprint density at radius 1 is 0.867 bits per heavy atom. The van der Waals surface area contributed by atoms with E-state index in [4.69, 9.17) is 0 Å². The zero-order chi connectivity index (χ0) is 10.3. The van der Waals surface area contributed by atoms with Gasteiger partial charge in [-0.3, -0.25) is 0 Å². The molecule has 1 heterocycles. The Kier molecular flexibility index (Phi) is 2.19. The summed E-state index contributed by atoms with van der Waals surface area (Å²) in [4.78, 5) is 2.42. The molecule has 0 radical (unpaired) electrons. The lowest BCUT2D eigenvalue weighted by Crippen LogP contribution is -2.25. The fourth-order valence-corrected chi connectivity index (χ4v) is 3.01. The van der Waals surface area contributed by atoms with Gasteiger partial charge in [0.2, 0.25) is 0 Å². The molecule has 1 nitrogen and oxygen atoms in total. The van der Waals surface area contributed by atoms with Gasteiger partial charge in [-0.2, -0.15) is 0 Å². The van der Waals surface area contributed by atoms with Gasteiger partial charge in [-0.25, -0.2) is 0 Å². The van der Waals surface area contributed by atoms with E-state index in [1.807, 2.05) is 0 Å². The van der Waals surface area contributed by atoms with Crippen molar-refractivity contribution in [2.75, 3.05) is 18.5 Å². The number of anilines is 1. The molecule has 0 aromatic heterocycles. The average molecular weight is 201 g/mol. The van der Waals surface area contributed by atoms with Gasteiger partial charge in [0.05, 0.1) is 0 Å². The van der Waals surface area contributed by atoms with Crippen molar-refractivity contribution in [3.8, 4) is 0 Å². The van der Waals surface area contributed by atoms with Crippen LogP contribution in [0.1, 0.15) is 36.0 Å². The molecule has 80 valence electrons. The van der Waals surface area contributed by atoms with Gasteiger partial charge in [0.15, 0.2) is 0 Å². The molecule has 1 aromatic rings. The summed E-state index contributed by atoms with van der Waals surface area (Å²) in [6.07, 6.45) is 8.00. The standard InChI is InChI=1S/C14H19N/c1-15-8-4-7-13-9-11-5-2-3-6-12(11)10-14(13)15/h9-10H,2-8H2,1H3. The lowest BCUT2D eigenvalue weighted by atomic mass is 9.87. The van der Waals surface area contributed by atoms with Crippen LogP contribution in [0.15, 0.2) is 12.1 Å². The normalized spacial score (nSPS) is 19.7. The minimum absolute atomic E-state index is 1.23. The number of hydrogen-bond acceptors (Lipinski definition) is 1. The van der Waals surface area contributed by atoms with Crippen LogP contribution in [0.25, 0.3) is 0 Å². The molecule has 0 amide bonds. The third kappa shape index (κ3) is 1.54. The van der Waals surface area contributed by atoms with Crippen LogP contribution in [0.2, 0.25) is 0 Å². The maximum atomic E-state index is 2.49. The number of benzene rings is 1. The molecule has 3 rings (SSSR count). The Bertz CT molecular complexity index is 381. The van der Waals surface area contributed by atoms with E-state index >= 15 is 0 Å². The Labute approximate surface area is 92.1 Å². The monoisotopic (exact) mass is 201 g/mol. The quantitative estimate of drug-likeness (QED) is 0.624. The molecule has 0 N–H and O–H groups in total. The Hall–Kier alpha value is -0.980. The Morgan fingerprint density at radius 3 is 2.33 bits per heavy atom. The predicted molar refractivity (Wildman–Crippen MR) is 64.7 cm³/mol. The molecule has 0 saturated heterocycles. The first-order valence-electron chi connectivity index (χ1n) is 6.20. The molecule has 2 aliphatic rings. The molecule has 1 aliphatic carbocycles. The zero-order valence-electron chi connectivity index (χ0n) is 9.55. The van der Waals surface area contributed by atoms with Crippen LogP contribution in [0, 0.1) is 0 Å². The van der Waals surface area contributed by atoms with E-state index in [9.17, 15) is 0 Å². The second-order valence-corrected chi connectivity index (χ2v) is 4.98. The summed E-state index contributed by atoms with van der Waals surface area (Å²) >= 11 is 0. The van der Waals surface area contributed by atoms with E-state index in [-0.39, 0.29) is 0 Å². The molecule has 0 saturated carbocycles. The summed E-state index contributed by atoms with van der Waals surface area (Å²) in [6.45, 7) is 1.23. The van der Waals surface area contributed by atoms with Crippen LogP contribution in [0.5, 0.6) is 0 Å². The van der Waals surface area contributed by atoms with E-state index in [0.29, 0.717) is 0 Å². The lowest BCUT2D eigenvalue weighted by molar-refractivity contribution is 0.677. The maximum Gasteiger partial charge on any atom is 0.0399 e. The SMILES string of the molecule is CN1CCCc2cc3c(cc21)CCCC3. The van der Waals surface area contributed by atoms with Crippen molar-refractivity contribution in [1.82, 2.24) is 0 Å². The molecule has 1 heteroatoms. The molecule has 0 bridgehead atoms. The van der Waals surface area contributed by atoms with Crippen LogP contribution >= 0.6 is 0 Å². The molecule has 1 aliphatic heterocycles. The third-order valence-corrected chi connectivity index (χ3v) is 3.89. The molecule has 1 aromatic carbocycles. The smallest absolute Gasteiger partial charge is 0.0399 e. The number of aryl methyl sites for hydroxylation is 3. The Balaban J connectivity index is 2.08. The van der Waals surface area contributed by atoms with Gasteiger partial charge < -0.3 is 4.90 Å². The molecular formula is C14H19N. The molecular weight excluding hydrogens is 182 g/mol. The molecule has 0 spiro atoms. The minimum Gasteiger partial charge on any atom is -0.374 e. The van der Waals surface area contributed by atoms with Gasteiger partial charge in [-0.15, -0.1) is 0 Å². The summed E-state index contributed by atoms with van der Waals surface area (Å²) in [5.41, 5.74) is 6.34. The molecule has 0 atom stereocenters. The van der Waals surface area contributed by atoms with Gasteiger partial charge in [0, 0.05) is 19.3 Å². The predicted octanol–water partition coefficient (Wildman–Crippen LogP) is 2.95. The summed E-state index contributed by atoms with van der Waals surface area (Å²) in [5.74, 6) is 0. The van der Waals surface area contributed by atoms with Crippen molar-refractivity contribution in [2.45, 2.75) is 38.5 Å². The van der Waals surface area contributed by atoms with Crippen molar-refractivity contribution in [2.24, 2.45) is 0 Å². The van der Waals surface area contributed by atoms with E-state index in [1.165, 1.54) is 50.8 Å². The largest absolute Gasteiger partial charge is 0.374 e. The topological polar surface area (TPSA) is 3.24 Å². The first kappa shape index (κ1) is 9.26. The van der Waals surface area contributed by atoms with Gasteiger partial charge in [-0.05, 0) is 61.3 Å². The number of fused-ring (bicyclic) bond motifs is 2. The summed E-state index contributed by atoms with van der Waals surface area (Å²) in [7, 11) is 2.23. The van der Waals surface area contributed by atoms with Crippen LogP contribution in [0.3, 0.4) is 0 Å². The molecule has 15 heavy (non-hydrogen) atoms. The highest BCUT2D eigenvalue weighted by Gasteiger charge is 2.18. The highest BCUT2D eigenvalue weighted by atomic mass is 15.1. The Morgan fingerprint density at radius 2 is 1.53 bits per heavy atom. The molecule has 0 fully saturated rings. The van der Waals surface area contributed by atoms with Crippen LogP contribution in [-0.2, 0) is 19.3 Å². The van der Waals surface area contributed by atoms with Crippen molar-refractivity contribution in [1.29, 1.82) is 0 Å². The second kappa shape index (κ2) is 3.55. The van der Waals surface area contributed by atoms with Gasteiger partial charge >= 0.3 is 0 Å². The van der Waals surface area contributed by atoms with E-state index in [1.54, 1.807) is 16.7 Å². The number of nitrogens with zero attached hydrogens (tertiary/aromatic N) is 1. The van der Waals surface area contributed by atoms with Crippen LogP contribution in [-0.4, -0.2) is 13.6 Å². The first-order valence-corrected chi connectivity index (χ1v) is 6.20. The van der Waals surface area contributed by atoms with Crippen molar-refractivity contribution in [3.63, 3.8) is 0 Å². The highest BCUT2D eigenvalue weighted by molar-refractivity contribution is 5.59.